The summed E-state index contributed by atoms with van der Waals surface area (Å²) in [6, 6.07) is 25.6. The molecule has 0 aliphatic rings. The third-order valence-electron chi connectivity index (χ3n) is 7.15. The van der Waals surface area contributed by atoms with Crippen LogP contribution >= 0.6 is 0 Å². The van der Waals surface area contributed by atoms with E-state index in [0.29, 0.717) is 11.1 Å². The Morgan fingerprint density at radius 2 is 1.40 bits per heavy atom. The summed E-state index contributed by atoms with van der Waals surface area (Å²) in [7, 11) is 0. The van der Waals surface area contributed by atoms with E-state index in [1.54, 1.807) is 18.2 Å². The van der Waals surface area contributed by atoms with Gasteiger partial charge in [0.15, 0.2) is 11.6 Å². The SMILES string of the molecule is CCCCc1ccc(-c2cc3ccc(OCc4ccc(-c5ccc(CCC)cc5)cc4F)c(F)c3c(=O)o2)cc1. The van der Waals surface area contributed by atoms with Crippen LogP contribution in [0, 0.1) is 11.6 Å². The summed E-state index contributed by atoms with van der Waals surface area (Å²) in [5, 5.41) is 0.217. The summed E-state index contributed by atoms with van der Waals surface area (Å²) in [5.41, 5.74) is 4.39. The standard InChI is InChI=1S/C35H32F2O3/c1-3-5-7-24-10-14-26(15-11-24)32-21-28-18-19-31(34(37)33(28)35(38)40-32)39-22-29-17-16-27(20-30(29)36)25-12-8-23(6-4-2)9-13-25/h8-21H,3-7,22H2,1-2H3. The molecule has 0 saturated heterocycles. The first-order valence-corrected chi connectivity index (χ1v) is 13.8. The fourth-order valence-corrected chi connectivity index (χ4v) is 4.84. The van der Waals surface area contributed by atoms with Crippen LogP contribution in [-0.4, -0.2) is 0 Å². The Labute approximate surface area is 233 Å². The molecule has 5 heteroatoms. The minimum absolute atomic E-state index is 0.136. The van der Waals surface area contributed by atoms with E-state index < -0.39 is 17.3 Å². The maximum absolute atomic E-state index is 15.3. The highest BCUT2D eigenvalue weighted by atomic mass is 19.1. The van der Waals surface area contributed by atoms with Crippen molar-refractivity contribution in [1.82, 2.24) is 0 Å². The smallest absolute Gasteiger partial charge is 0.347 e. The van der Waals surface area contributed by atoms with Crippen molar-refractivity contribution in [1.29, 1.82) is 0 Å². The molecule has 0 unspecified atom stereocenters. The first kappa shape index (κ1) is 27.3. The van der Waals surface area contributed by atoms with Gasteiger partial charge in [-0.3, -0.25) is 0 Å². The molecule has 0 bridgehead atoms. The van der Waals surface area contributed by atoms with E-state index in [2.05, 4.69) is 26.0 Å². The molecule has 0 atom stereocenters. The summed E-state index contributed by atoms with van der Waals surface area (Å²) in [6.07, 6.45) is 5.30. The normalized spacial score (nSPS) is 11.2. The highest BCUT2D eigenvalue weighted by Gasteiger charge is 2.16. The lowest BCUT2D eigenvalue weighted by Crippen LogP contribution is -2.06. The summed E-state index contributed by atoms with van der Waals surface area (Å²) >= 11 is 0. The number of benzene rings is 4. The molecular formula is C35H32F2O3. The topological polar surface area (TPSA) is 39.4 Å². The Hall–Kier alpha value is -4.25. The van der Waals surface area contributed by atoms with Crippen LogP contribution in [0.5, 0.6) is 5.75 Å². The Morgan fingerprint density at radius 1 is 0.725 bits per heavy atom. The maximum atomic E-state index is 15.3. The molecule has 0 fully saturated rings. The van der Waals surface area contributed by atoms with Crippen LogP contribution in [0.4, 0.5) is 8.78 Å². The molecule has 0 aliphatic carbocycles. The van der Waals surface area contributed by atoms with E-state index in [9.17, 15) is 9.18 Å². The summed E-state index contributed by atoms with van der Waals surface area (Å²) in [4.78, 5) is 12.8. The molecule has 5 rings (SSSR count). The predicted molar refractivity (Wildman–Crippen MR) is 157 cm³/mol. The second-order valence-corrected chi connectivity index (χ2v) is 10.1. The number of halogens is 2. The van der Waals surface area contributed by atoms with Crippen molar-refractivity contribution in [2.45, 2.75) is 52.6 Å². The van der Waals surface area contributed by atoms with E-state index >= 15 is 4.39 Å². The average Bonchev–Trinajstić information content (AvgIpc) is 2.97. The molecule has 0 N–H and O–H groups in total. The van der Waals surface area contributed by atoms with Gasteiger partial charge < -0.3 is 9.15 Å². The van der Waals surface area contributed by atoms with E-state index in [1.165, 1.54) is 23.3 Å². The summed E-state index contributed by atoms with van der Waals surface area (Å²) < 4.78 is 41.3. The molecule has 1 heterocycles. The lowest BCUT2D eigenvalue weighted by atomic mass is 10.0. The number of unbranched alkanes of at least 4 members (excludes halogenated alkanes) is 1. The Kier molecular flexibility index (Phi) is 8.40. The highest BCUT2D eigenvalue weighted by molar-refractivity contribution is 5.86. The van der Waals surface area contributed by atoms with Crippen molar-refractivity contribution < 1.29 is 17.9 Å². The predicted octanol–water partition coefficient (Wildman–Crippen LogP) is 9.28. The van der Waals surface area contributed by atoms with Crippen LogP contribution in [0.1, 0.15) is 49.8 Å². The van der Waals surface area contributed by atoms with Gasteiger partial charge in [-0.1, -0.05) is 93.4 Å². The average molecular weight is 539 g/mol. The summed E-state index contributed by atoms with van der Waals surface area (Å²) in [5.74, 6) is -1.03. The molecule has 0 spiro atoms. The van der Waals surface area contributed by atoms with Gasteiger partial charge in [0, 0.05) is 11.1 Å². The molecule has 40 heavy (non-hydrogen) atoms. The van der Waals surface area contributed by atoms with Gasteiger partial charge in [-0.05, 0) is 65.1 Å². The minimum atomic E-state index is -0.822. The van der Waals surface area contributed by atoms with E-state index in [1.807, 2.05) is 42.5 Å². The highest BCUT2D eigenvalue weighted by Crippen LogP contribution is 2.30. The maximum Gasteiger partial charge on any atom is 0.347 e. The van der Waals surface area contributed by atoms with Crippen molar-refractivity contribution in [3.63, 3.8) is 0 Å². The third kappa shape index (κ3) is 5.99. The van der Waals surface area contributed by atoms with E-state index in [4.69, 9.17) is 9.15 Å². The molecule has 204 valence electrons. The number of hydrogen-bond acceptors (Lipinski definition) is 3. The zero-order valence-corrected chi connectivity index (χ0v) is 22.8. The molecule has 3 nitrogen and oxygen atoms in total. The van der Waals surface area contributed by atoms with Crippen molar-refractivity contribution in [3.8, 4) is 28.2 Å². The van der Waals surface area contributed by atoms with Crippen LogP contribution in [0.2, 0.25) is 0 Å². The minimum Gasteiger partial charge on any atom is -0.486 e. The fourth-order valence-electron chi connectivity index (χ4n) is 4.84. The van der Waals surface area contributed by atoms with Gasteiger partial charge in [0.05, 0.1) is 0 Å². The Balaban J connectivity index is 1.33. The Morgan fingerprint density at radius 3 is 2.08 bits per heavy atom. The monoisotopic (exact) mass is 538 g/mol. The van der Waals surface area contributed by atoms with Crippen LogP contribution < -0.4 is 10.4 Å². The molecule has 1 aromatic heterocycles. The second-order valence-electron chi connectivity index (χ2n) is 10.1. The van der Waals surface area contributed by atoms with Crippen molar-refractivity contribution in [2.75, 3.05) is 0 Å². The van der Waals surface area contributed by atoms with Gasteiger partial charge in [-0.25, -0.2) is 13.6 Å². The van der Waals surface area contributed by atoms with Gasteiger partial charge in [0.2, 0.25) is 0 Å². The van der Waals surface area contributed by atoms with Crippen LogP contribution in [0.3, 0.4) is 0 Å². The number of hydrogen-bond donors (Lipinski definition) is 0. The van der Waals surface area contributed by atoms with Crippen LogP contribution in [0.15, 0.2) is 94.1 Å². The van der Waals surface area contributed by atoms with Crippen molar-refractivity contribution in [2.24, 2.45) is 0 Å². The second kappa shape index (κ2) is 12.3. The zero-order valence-electron chi connectivity index (χ0n) is 22.8. The number of aryl methyl sites for hydroxylation is 2. The largest absolute Gasteiger partial charge is 0.486 e. The molecule has 0 saturated carbocycles. The quantitative estimate of drug-likeness (QED) is 0.178. The first-order chi connectivity index (χ1) is 19.5. The van der Waals surface area contributed by atoms with E-state index in [0.717, 1.165) is 48.8 Å². The molecule has 0 aliphatic heterocycles. The zero-order chi connectivity index (χ0) is 28.1. The summed E-state index contributed by atoms with van der Waals surface area (Å²) in [6.45, 7) is 4.10. The Bertz CT molecular complexity index is 1670. The van der Waals surface area contributed by atoms with Gasteiger partial charge in [-0.15, -0.1) is 0 Å². The number of fused-ring (bicyclic) bond motifs is 1. The number of ether oxygens (including phenoxy) is 1. The van der Waals surface area contributed by atoms with Gasteiger partial charge in [0.25, 0.3) is 0 Å². The van der Waals surface area contributed by atoms with Gasteiger partial charge >= 0.3 is 5.63 Å². The lowest BCUT2D eigenvalue weighted by molar-refractivity contribution is 0.286. The van der Waals surface area contributed by atoms with Crippen molar-refractivity contribution >= 4 is 10.8 Å². The molecule has 0 amide bonds. The molecule has 4 aromatic carbocycles. The van der Waals surface area contributed by atoms with Gasteiger partial charge in [-0.2, -0.15) is 0 Å². The number of rotatable bonds is 10. The third-order valence-corrected chi connectivity index (χ3v) is 7.15. The van der Waals surface area contributed by atoms with Crippen LogP contribution in [-0.2, 0) is 19.4 Å². The molecule has 0 radical (unpaired) electrons. The first-order valence-electron chi connectivity index (χ1n) is 13.8. The lowest BCUT2D eigenvalue weighted by Gasteiger charge is -2.11. The van der Waals surface area contributed by atoms with E-state index in [-0.39, 0.29) is 23.3 Å². The fraction of sp³-hybridized carbons (Fsp3) is 0.229. The van der Waals surface area contributed by atoms with Crippen LogP contribution in [0.25, 0.3) is 33.2 Å². The molecular weight excluding hydrogens is 506 g/mol. The van der Waals surface area contributed by atoms with Crippen molar-refractivity contribution in [3.05, 3.63) is 124 Å². The van der Waals surface area contributed by atoms with Gasteiger partial charge in [0.1, 0.15) is 23.6 Å². The molecule has 5 aromatic rings.